The van der Waals surface area contributed by atoms with Crippen molar-refractivity contribution in [3.63, 3.8) is 0 Å². The molecule has 5 heteroatoms. The fourth-order valence-electron chi connectivity index (χ4n) is 4.42. The molecular weight excluding hydrogens is 360 g/mol. The molecule has 0 radical (unpaired) electrons. The van der Waals surface area contributed by atoms with Crippen LogP contribution in [-0.4, -0.2) is 55.3 Å². The number of piperidine rings is 1. The molecule has 1 fully saturated rings. The Morgan fingerprint density at radius 1 is 1.17 bits per heavy atom. The van der Waals surface area contributed by atoms with Crippen LogP contribution >= 0.6 is 0 Å². The minimum Gasteiger partial charge on any atom is -0.331 e. The normalized spacial score (nSPS) is 18.7. The maximum Gasteiger partial charge on any atom is 0.317 e. The molecule has 2 aliphatic heterocycles. The first-order valence-electron chi connectivity index (χ1n) is 10.5. The molecule has 1 N–H and O–H groups in total. The van der Waals surface area contributed by atoms with Crippen LogP contribution in [0, 0.1) is 0 Å². The summed E-state index contributed by atoms with van der Waals surface area (Å²) in [7, 11) is 4.06. The van der Waals surface area contributed by atoms with Gasteiger partial charge in [-0.15, -0.1) is 0 Å². The topological polar surface area (TPSA) is 47.9 Å². The third kappa shape index (κ3) is 4.06. The van der Waals surface area contributed by atoms with Crippen LogP contribution in [0.15, 0.2) is 47.6 Å². The van der Waals surface area contributed by atoms with Gasteiger partial charge in [0.15, 0.2) is 0 Å². The molecule has 0 saturated carbocycles. The lowest BCUT2D eigenvalue weighted by atomic mass is 9.92. The Balaban J connectivity index is 1.53. The van der Waals surface area contributed by atoms with Gasteiger partial charge in [0.2, 0.25) is 0 Å². The number of carbonyl (C=O) groups excluding carboxylic acids is 1. The molecule has 5 nitrogen and oxygen atoms in total. The van der Waals surface area contributed by atoms with Gasteiger partial charge in [0.05, 0.1) is 6.04 Å². The maximum absolute atomic E-state index is 12.9. The lowest BCUT2D eigenvalue weighted by molar-refractivity contribution is 0.146. The van der Waals surface area contributed by atoms with E-state index in [-0.39, 0.29) is 12.1 Å². The van der Waals surface area contributed by atoms with Gasteiger partial charge < -0.3 is 15.1 Å². The molecule has 29 heavy (non-hydrogen) atoms. The summed E-state index contributed by atoms with van der Waals surface area (Å²) in [6.45, 7) is 4.16. The number of urea groups is 1. The summed E-state index contributed by atoms with van der Waals surface area (Å²) >= 11 is 0. The van der Waals surface area contributed by atoms with Crippen molar-refractivity contribution in [2.75, 3.05) is 27.2 Å². The van der Waals surface area contributed by atoms with Gasteiger partial charge in [0, 0.05) is 31.9 Å². The Labute approximate surface area is 173 Å². The number of benzene rings is 2. The first-order valence-corrected chi connectivity index (χ1v) is 10.5. The minimum atomic E-state index is -0.0658. The molecule has 1 saturated heterocycles. The monoisotopic (exact) mass is 390 g/mol. The Morgan fingerprint density at radius 2 is 1.90 bits per heavy atom. The van der Waals surface area contributed by atoms with E-state index in [9.17, 15) is 4.79 Å². The summed E-state index contributed by atoms with van der Waals surface area (Å²) < 4.78 is 0. The second kappa shape index (κ2) is 8.37. The number of allylic oxidation sites excluding steroid dienone is 1. The highest BCUT2D eigenvalue weighted by molar-refractivity contribution is 5.99. The Kier molecular flexibility index (Phi) is 5.67. The number of fused-ring (bicyclic) bond motifs is 1. The van der Waals surface area contributed by atoms with Crippen LogP contribution < -0.4 is 5.32 Å². The molecule has 1 atom stereocenters. The summed E-state index contributed by atoms with van der Waals surface area (Å²) in [6, 6.07) is 13.0. The number of hydrogen-bond donors (Lipinski definition) is 1. The molecule has 2 aliphatic rings. The van der Waals surface area contributed by atoms with Crippen LogP contribution in [0.4, 0.5) is 4.79 Å². The van der Waals surface area contributed by atoms with Crippen LogP contribution in [0.25, 0.3) is 16.3 Å². The quantitative estimate of drug-likeness (QED) is 0.838. The van der Waals surface area contributed by atoms with Gasteiger partial charge in [-0.05, 0) is 67.4 Å². The van der Waals surface area contributed by atoms with Crippen molar-refractivity contribution in [2.24, 2.45) is 4.99 Å². The van der Waals surface area contributed by atoms with Crippen molar-refractivity contribution in [1.82, 2.24) is 15.1 Å². The predicted molar refractivity (Wildman–Crippen MR) is 120 cm³/mol. The Morgan fingerprint density at radius 3 is 2.59 bits per heavy atom. The molecule has 0 aliphatic carbocycles. The van der Waals surface area contributed by atoms with E-state index in [2.05, 4.69) is 65.6 Å². The van der Waals surface area contributed by atoms with Crippen molar-refractivity contribution < 1.29 is 4.79 Å². The molecule has 1 unspecified atom stereocenters. The van der Waals surface area contributed by atoms with Crippen molar-refractivity contribution >= 4 is 28.6 Å². The van der Waals surface area contributed by atoms with E-state index in [0.717, 1.165) is 37.9 Å². The average molecular weight is 391 g/mol. The van der Waals surface area contributed by atoms with Crippen molar-refractivity contribution in [1.29, 1.82) is 0 Å². The second-order valence-corrected chi connectivity index (χ2v) is 8.25. The number of carbonyl (C=O) groups is 1. The number of hydrogen-bond acceptors (Lipinski definition) is 3. The minimum absolute atomic E-state index is 0.00659. The van der Waals surface area contributed by atoms with E-state index in [1.165, 1.54) is 21.9 Å². The van der Waals surface area contributed by atoms with E-state index in [1.807, 2.05) is 24.4 Å². The van der Waals surface area contributed by atoms with Crippen molar-refractivity contribution in [3.8, 4) is 0 Å². The third-order valence-electron chi connectivity index (χ3n) is 6.31. The molecule has 0 aromatic heterocycles. The second-order valence-electron chi connectivity index (χ2n) is 8.25. The summed E-state index contributed by atoms with van der Waals surface area (Å²) in [4.78, 5) is 21.4. The highest BCUT2D eigenvalue weighted by Gasteiger charge is 2.25. The van der Waals surface area contributed by atoms with E-state index >= 15 is 0 Å². The molecule has 152 valence electrons. The first kappa shape index (κ1) is 19.6. The van der Waals surface area contributed by atoms with Gasteiger partial charge in [0.25, 0.3) is 0 Å². The van der Waals surface area contributed by atoms with Crippen LogP contribution in [0.2, 0.25) is 0 Å². The summed E-state index contributed by atoms with van der Waals surface area (Å²) in [5, 5.41) is 5.62. The molecule has 0 spiro atoms. The molecule has 2 heterocycles. The third-order valence-corrected chi connectivity index (χ3v) is 6.31. The zero-order valence-electron chi connectivity index (χ0n) is 17.6. The lowest BCUT2D eigenvalue weighted by Crippen LogP contribution is -2.48. The average Bonchev–Trinajstić information content (AvgIpc) is 3.27. The van der Waals surface area contributed by atoms with Gasteiger partial charge >= 0.3 is 6.03 Å². The Hall–Kier alpha value is -2.66. The fraction of sp³-hybridized carbons (Fsp3) is 0.417. The number of aliphatic imine (C=N–C) groups is 1. The van der Waals surface area contributed by atoms with E-state index in [1.54, 1.807) is 0 Å². The summed E-state index contributed by atoms with van der Waals surface area (Å²) in [5.74, 6) is 0. The van der Waals surface area contributed by atoms with Crippen LogP contribution in [-0.2, 0) is 0 Å². The summed E-state index contributed by atoms with van der Waals surface area (Å²) in [5.41, 5.74) is 3.62. The van der Waals surface area contributed by atoms with Crippen molar-refractivity contribution in [3.05, 3.63) is 53.7 Å². The largest absolute Gasteiger partial charge is 0.331 e. The summed E-state index contributed by atoms with van der Waals surface area (Å²) in [6.07, 6.45) is 6.83. The SMILES string of the molecule is CC(NC(=O)N(C)C1CCN(C)CC1)c1ccc(C2=CN=CC2)c2ccccc12. The van der Waals surface area contributed by atoms with Gasteiger partial charge in [-0.25, -0.2) is 4.79 Å². The van der Waals surface area contributed by atoms with Crippen LogP contribution in [0.3, 0.4) is 0 Å². The van der Waals surface area contributed by atoms with Crippen LogP contribution in [0.1, 0.15) is 43.4 Å². The van der Waals surface area contributed by atoms with Crippen LogP contribution in [0.5, 0.6) is 0 Å². The highest BCUT2D eigenvalue weighted by Crippen LogP contribution is 2.33. The number of rotatable bonds is 4. The highest BCUT2D eigenvalue weighted by atomic mass is 16.2. The number of nitrogens with zero attached hydrogens (tertiary/aromatic N) is 3. The Bertz CT molecular complexity index is 957. The predicted octanol–water partition coefficient (Wildman–Crippen LogP) is 4.45. The standard InChI is InChI=1S/C24H30N4O/c1-17(26-24(29)28(3)19-11-14-27(2)15-12-19)20-8-9-21(18-10-13-25-16-18)23-7-5-4-6-22(20)23/h4-9,13,16-17,19H,10-12,14-15H2,1-3H3,(H,26,29). The number of nitrogens with one attached hydrogen (secondary N) is 1. The van der Waals surface area contributed by atoms with E-state index < -0.39 is 0 Å². The molecule has 2 aromatic carbocycles. The smallest absolute Gasteiger partial charge is 0.317 e. The zero-order valence-corrected chi connectivity index (χ0v) is 17.6. The van der Waals surface area contributed by atoms with Gasteiger partial charge in [0.1, 0.15) is 0 Å². The first-order chi connectivity index (χ1) is 14.0. The number of amides is 2. The van der Waals surface area contributed by atoms with Gasteiger partial charge in [-0.3, -0.25) is 4.99 Å². The van der Waals surface area contributed by atoms with E-state index in [0.29, 0.717) is 6.04 Å². The van der Waals surface area contributed by atoms with Crippen molar-refractivity contribution in [2.45, 2.75) is 38.3 Å². The van der Waals surface area contributed by atoms with E-state index in [4.69, 9.17) is 0 Å². The molecule has 2 aromatic rings. The number of likely N-dealkylation sites (tertiary alicyclic amines) is 1. The molecule has 4 rings (SSSR count). The molecule has 2 amide bonds. The maximum atomic E-state index is 12.9. The fourth-order valence-corrected chi connectivity index (χ4v) is 4.42. The van der Waals surface area contributed by atoms with Gasteiger partial charge in [-0.1, -0.05) is 36.4 Å². The lowest BCUT2D eigenvalue weighted by Gasteiger charge is -2.35. The molecular formula is C24H30N4O. The zero-order chi connectivity index (χ0) is 20.4. The van der Waals surface area contributed by atoms with Gasteiger partial charge in [-0.2, -0.15) is 0 Å². The molecule has 0 bridgehead atoms.